The minimum atomic E-state index is -0.249. The summed E-state index contributed by atoms with van der Waals surface area (Å²) in [5, 5.41) is 3.33. The van der Waals surface area contributed by atoms with E-state index in [2.05, 4.69) is 12.2 Å². The number of amides is 1. The molecule has 3 atom stereocenters. The van der Waals surface area contributed by atoms with E-state index in [0.29, 0.717) is 12.0 Å². The number of rotatable bonds is 3. The second-order valence-corrected chi connectivity index (χ2v) is 4.51. The fourth-order valence-electron chi connectivity index (χ4n) is 2.14. The van der Waals surface area contributed by atoms with E-state index in [1.165, 1.54) is 32.1 Å². The Morgan fingerprint density at radius 3 is 2.64 bits per heavy atom. The van der Waals surface area contributed by atoms with Gasteiger partial charge in [0.15, 0.2) is 0 Å². The van der Waals surface area contributed by atoms with E-state index < -0.39 is 0 Å². The van der Waals surface area contributed by atoms with Crippen LogP contribution in [0.3, 0.4) is 0 Å². The van der Waals surface area contributed by atoms with Gasteiger partial charge in [-0.3, -0.25) is 4.79 Å². The first-order valence-corrected chi connectivity index (χ1v) is 5.66. The summed E-state index contributed by atoms with van der Waals surface area (Å²) in [6.45, 7) is 4.11. The molecule has 3 unspecified atom stereocenters. The minimum absolute atomic E-state index is 0.194. The van der Waals surface area contributed by atoms with E-state index in [4.69, 9.17) is 5.73 Å². The topological polar surface area (TPSA) is 55.1 Å². The van der Waals surface area contributed by atoms with E-state index in [9.17, 15) is 4.79 Å². The first-order chi connectivity index (χ1) is 6.61. The smallest absolute Gasteiger partial charge is 0.234 e. The number of hydrogen-bond donors (Lipinski definition) is 2. The van der Waals surface area contributed by atoms with Crippen molar-refractivity contribution in [2.45, 2.75) is 58.0 Å². The van der Waals surface area contributed by atoms with Gasteiger partial charge in [0.05, 0.1) is 6.04 Å². The van der Waals surface area contributed by atoms with Gasteiger partial charge in [0.2, 0.25) is 5.91 Å². The van der Waals surface area contributed by atoms with E-state index >= 15 is 0 Å². The van der Waals surface area contributed by atoms with Crippen LogP contribution in [-0.4, -0.2) is 18.0 Å². The number of nitrogens with two attached hydrogens (primary N) is 1. The molecule has 1 amide bonds. The molecule has 82 valence electrons. The van der Waals surface area contributed by atoms with Crippen LogP contribution in [-0.2, 0) is 4.79 Å². The van der Waals surface area contributed by atoms with E-state index in [1.807, 2.05) is 6.92 Å². The average molecular weight is 198 g/mol. The normalized spacial score (nSPS) is 30.7. The second-order valence-electron chi connectivity index (χ2n) is 4.51. The Morgan fingerprint density at radius 1 is 1.36 bits per heavy atom. The molecule has 0 aromatic carbocycles. The highest BCUT2D eigenvalue weighted by Gasteiger charge is 2.22. The largest absolute Gasteiger partial charge is 0.368 e. The Morgan fingerprint density at radius 2 is 2.00 bits per heavy atom. The highest BCUT2D eigenvalue weighted by atomic mass is 16.1. The van der Waals surface area contributed by atoms with Crippen molar-refractivity contribution in [3.05, 3.63) is 0 Å². The first kappa shape index (κ1) is 11.5. The summed E-state index contributed by atoms with van der Waals surface area (Å²) in [4.78, 5) is 10.9. The van der Waals surface area contributed by atoms with Crippen LogP contribution in [0.4, 0.5) is 0 Å². The fourth-order valence-corrected chi connectivity index (χ4v) is 2.14. The fraction of sp³-hybridized carbons (Fsp3) is 0.909. The molecule has 0 saturated heterocycles. The van der Waals surface area contributed by atoms with Crippen molar-refractivity contribution < 1.29 is 4.79 Å². The van der Waals surface area contributed by atoms with Gasteiger partial charge in [-0.15, -0.1) is 0 Å². The van der Waals surface area contributed by atoms with E-state index in [1.54, 1.807) is 0 Å². The van der Waals surface area contributed by atoms with Crippen molar-refractivity contribution in [1.82, 2.24) is 5.32 Å². The van der Waals surface area contributed by atoms with Gasteiger partial charge in [0, 0.05) is 6.04 Å². The van der Waals surface area contributed by atoms with Gasteiger partial charge in [-0.1, -0.05) is 26.2 Å². The summed E-state index contributed by atoms with van der Waals surface area (Å²) < 4.78 is 0. The lowest BCUT2D eigenvalue weighted by Crippen LogP contribution is -2.46. The summed E-state index contributed by atoms with van der Waals surface area (Å²) >= 11 is 0. The van der Waals surface area contributed by atoms with Crippen LogP contribution in [0.25, 0.3) is 0 Å². The number of carbonyl (C=O) groups is 1. The standard InChI is InChI=1S/C11H22N2O/c1-8-6-4-3-5-7-10(8)13-9(2)11(12)14/h8-10,13H,3-7H2,1-2H3,(H2,12,14). The quantitative estimate of drug-likeness (QED) is 0.674. The van der Waals surface area contributed by atoms with Gasteiger partial charge < -0.3 is 11.1 Å². The molecule has 1 rings (SSSR count). The molecule has 0 bridgehead atoms. The molecule has 3 nitrogen and oxygen atoms in total. The maximum atomic E-state index is 10.9. The molecular weight excluding hydrogens is 176 g/mol. The van der Waals surface area contributed by atoms with Crippen molar-refractivity contribution in [1.29, 1.82) is 0 Å². The molecular formula is C11H22N2O. The Hall–Kier alpha value is -0.570. The van der Waals surface area contributed by atoms with Gasteiger partial charge in [0.25, 0.3) is 0 Å². The Balaban J connectivity index is 2.43. The van der Waals surface area contributed by atoms with Crippen LogP contribution in [0.2, 0.25) is 0 Å². The lowest BCUT2D eigenvalue weighted by Gasteiger charge is -2.25. The SMILES string of the molecule is CC(NC1CCCCCC1C)C(N)=O. The number of hydrogen-bond acceptors (Lipinski definition) is 2. The number of primary amides is 1. The Kier molecular flexibility index (Phi) is 4.39. The maximum absolute atomic E-state index is 10.9. The zero-order chi connectivity index (χ0) is 10.6. The molecule has 3 heteroatoms. The van der Waals surface area contributed by atoms with Gasteiger partial charge >= 0.3 is 0 Å². The Bertz CT molecular complexity index is 194. The molecule has 0 aromatic heterocycles. The molecule has 1 aliphatic carbocycles. The van der Waals surface area contributed by atoms with Crippen LogP contribution in [0.5, 0.6) is 0 Å². The summed E-state index contributed by atoms with van der Waals surface area (Å²) in [7, 11) is 0. The summed E-state index contributed by atoms with van der Waals surface area (Å²) in [5.74, 6) is 0.417. The van der Waals surface area contributed by atoms with Crippen molar-refractivity contribution in [3.63, 3.8) is 0 Å². The van der Waals surface area contributed by atoms with E-state index in [-0.39, 0.29) is 11.9 Å². The van der Waals surface area contributed by atoms with Crippen LogP contribution < -0.4 is 11.1 Å². The second kappa shape index (κ2) is 5.35. The molecule has 1 saturated carbocycles. The van der Waals surface area contributed by atoms with Crippen LogP contribution >= 0.6 is 0 Å². The van der Waals surface area contributed by atoms with Gasteiger partial charge in [-0.2, -0.15) is 0 Å². The van der Waals surface area contributed by atoms with Crippen LogP contribution in [0.1, 0.15) is 46.0 Å². The van der Waals surface area contributed by atoms with Crippen molar-refractivity contribution in [2.75, 3.05) is 0 Å². The van der Waals surface area contributed by atoms with Crippen molar-refractivity contribution in [3.8, 4) is 0 Å². The van der Waals surface area contributed by atoms with Gasteiger partial charge in [0.1, 0.15) is 0 Å². The average Bonchev–Trinajstić information content (AvgIpc) is 2.32. The molecule has 0 spiro atoms. The molecule has 0 aliphatic heterocycles. The predicted molar refractivity (Wildman–Crippen MR) is 57.8 cm³/mol. The zero-order valence-electron chi connectivity index (χ0n) is 9.25. The molecule has 0 heterocycles. The van der Waals surface area contributed by atoms with Gasteiger partial charge in [-0.25, -0.2) is 0 Å². The summed E-state index contributed by atoms with van der Waals surface area (Å²) in [5.41, 5.74) is 5.24. The van der Waals surface area contributed by atoms with Crippen molar-refractivity contribution >= 4 is 5.91 Å². The lowest BCUT2D eigenvalue weighted by molar-refractivity contribution is -0.119. The molecule has 1 fully saturated rings. The number of nitrogens with one attached hydrogen (secondary N) is 1. The zero-order valence-corrected chi connectivity index (χ0v) is 9.25. The first-order valence-electron chi connectivity index (χ1n) is 5.66. The lowest BCUT2D eigenvalue weighted by atomic mass is 9.96. The monoisotopic (exact) mass is 198 g/mol. The molecule has 3 N–H and O–H groups in total. The highest BCUT2D eigenvalue weighted by Crippen LogP contribution is 2.23. The summed E-state index contributed by atoms with van der Waals surface area (Å²) in [6, 6.07) is 0.278. The predicted octanol–water partition coefficient (Wildman–Crippen LogP) is 1.42. The third kappa shape index (κ3) is 3.29. The van der Waals surface area contributed by atoms with Gasteiger partial charge in [-0.05, 0) is 25.7 Å². The van der Waals surface area contributed by atoms with Crippen LogP contribution in [0, 0.1) is 5.92 Å². The summed E-state index contributed by atoms with van der Waals surface area (Å²) in [6.07, 6.45) is 6.37. The molecule has 0 aromatic rings. The highest BCUT2D eigenvalue weighted by molar-refractivity contribution is 5.79. The molecule has 1 aliphatic rings. The third-order valence-corrected chi connectivity index (χ3v) is 3.25. The number of carbonyl (C=O) groups excluding carboxylic acids is 1. The minimum Gasteiger partial charge on any atom is -0.368 e. The third-order valence-electron chi connectivity index (χ3n) is 3.25. The van der Waals surface area contributed by atoms with E-state index in [0.717, 1.165) is 0 Å². The van der Waals surface area contributed by atoms with Crippen molar-refractivity contribution in [2.24, 2.45) is 11.7 Å². The molecule has 14 heavy (non-hydrogen) atoms. The van der Waals surface area contributed by atoms with Crippen LogP contribution in [0.15, 0.2) is 0 Å². The molecule has 0 radical (unpaired) electrons. The maximum Gasteiger partial charge on any atom is 0.234 e. The Labute approximate surface area is 86.4 Å².